The quantitative estimate of drug-likeness (QED) is 0.560. The van der Waals surface area contributed by atoms with Crippen molar-refractivity contribution in [2.45, 2.75) is 25.8 Å². The van der Waals surface area contributed by atoms with E-state index in [1.807, 2.05) is 24.4 Å². The zero-order chi connectivity index (χ0) is 14.1. The number of hydrogen-bond acceptors (Lipinski definition) is 5. The molecule has 6 heteroatoms. The van der Waals surface area contributed by atoms with E-state index >= 15 is 0 Å². The highest BCUT2D eigenvalue weighted by molar-refractivity contribution is 7.10. The van der Waals surface area contributed by atoms with E-state index in [0.29, 0.717) is 13.0 Å². The number of carbonyl (C=O) groups excluding carboxylic acids is 2. The third-order valence-corrected chi connectivity index (χ3v) is 3.59. The summed E-state index contributed by atoms with van der Waals surface area (Å²) in [5.41, 5.74) is 0. The van der Waals surface area contributed by atoms with Gasteiger partial charge in [-0.1, -0.05) is 13.0 Å². The molecule has 19 heavy (non-hydrogen) atoms. The summed E-state index contributed by atoms with van der Waals surface area (Å²) in [6, 6.07) is 3.50. The highest BCUT2D eigenvalue weighted by Gasteiger charge is 2.19. The van der Waals surface area contributed by atoms with E-state index in [4.69, 9.17) is 0 Å². The Hall–Kier alpha value is -1.40. The molecule has 0 aliphatic heterocycles. The van der Waals surface area contributed by atoms with Gasteiger partial charge in [0.05, 0.1) is 19.6 Å². The summed E-state index contributed by atoms with van der Waals surface area (Å²) in [5, 5.41) is 7.88. The summed E-state index contributed by atoms with van der Waals surface area (Å²) in [6.07, 6.45) is 0.556. The molecule has 0 saturated heterocycles. The summed E-state index contributed by atoms with van der Waals surface area (Å²) in [5.74, 6) is -0.395. The second kappa shape index (κ2) is 8.66. The number of amides is 1. The molecule has 106 valence electrons. The first-order valence-electron chi connectivity index (χ1n) is 6.27. The molecule has 1 aromatic rings. The number of methoxy groups -OCH3 is 1. The normalized spacial score (nSPS) is 11.9. The second-order valence-electron chi connectivity index (χ2n) is 4.02. The first-order valence-corrected chi connectivity index (χ1v) is 7.15. The summed E-state index contributed by atoms with van der Waals surface area (Å²) >= 11 is 1.52. The van der Waals surface area contributed by atoms with Gasteiger partial charge < -0.3 is 15.4 Å². The van der Waals surface area contributed by atoms with Gasteiger partial charge in [-0.3, -0.25) is 9.59 Å². The minimum Gasteiger partial charge on any atom is -0.469 e. The van der Waals surface area contributed by atoms with Crippen LogP contribution in [0.25, 0.3) is 0 Å². The van der Waals surface area contributed by atoms with Crippen LogP contribution in [0.3, 0.4) is 0 Å². The molecule has 0 saturated carbocycles. The van der Waals surface area contributed by atoms with Crippen LogP contribution in [0.1, 0.15) is 30.7 Å². The Balaban J connectivity index is 2.54. The fourth-order valence-corrected chi connectivity index (χ4v) is 2.39. The predicted octanol–water partition coefficient (Wildman–Crippen LogP) is 1.47. The van der Waals surface area contributed by atoms with Crippen molar-refractivity contribution in [3.05, 3.63) is 22.4 Å². The lowest BCUT2D eigenvalue weighted by Crippen LogP contribution is -2.32. The van der Waals surface area contributed by atoms with Crippen molar-refractivity contribution in [3.63, 3.8) is 0 Å². The van der Waals surface area contributed by atoms with Gasteiger partial charge in [0.2, 0.25) is 5.91 Å². The van der Waals surface area contributed by atoms with Gasteiger partial charge in [0.1, 0.15) is 0 Å². The van der Waals surface area contributed by atoms with Crippen LogP contribution < -0.4 is 10.6 Å². The molecule has 2 N–H and O–H groups in total. The van der Waals surface area contributed by atoms with Crippen LogP contribution >= 0.6 is 11.3 Å². The predicted molar refractivity (Wildman–Crippen MR) is 75.0 cm³/mol. The van der Waals surface area contributed by atoms with E-state index in [1.54, 1.807) is 0 Å². The van der Waals surface area contributed by atoms with E-state index in [2.05, 4.69) is 15.4 Å². The molecule has 0 fully saturated rings. The van der Waals surface area contributed by atoms with E-state index < -0.39 is 0 Å². The maximum atomic E-state index is 11.8. The topological polar surface area (TPSA) is 67.4 Å². The number of rotatable bonds is 8. The molecular formula is C13H20N2O3S. The molecule has 0 aliphatic rings. The molecule has 5 nitrogen and oxygen atoms in total. The van der Waals surface area contributed by atoms with Crippen LogP contribution in [0.2, 0.25) is 0 Å². The summed E-state index contributed by atoms with van der Waals surface area (Å²) in [4.78, 5) is 24.1. The molecule has 1 unspecified atom stereocenters. The minimum absolute atomic E-state index is 0.0664. The van der Waals surface area contributed by atoms with Crippen LogP contribution in [-0.2, 0) is 14.3 Å². The molecule has 0 radical (unpaired) electrons. The van der Waals surface area contributed by atoms with Crippen molar-refractivity contribution >= 4 is 23.2 Å². The van der Waals surface area contributed by atoms with Crippen molar-refractivity contribution in [1.82, 2.24) is 10.6 Å². The Bertz CT molecular complexity index is 393. The Morgan fingerprint density at radius 1 is 1.47 bits per heavy atom. The largest absolute Gasteiger partial charge is 0.469 e. The Morgan fingerprint density at radius 3 is 2.84 bits per heavy atom. The molecule has 0 aliphatic carbocycles. The molecular weight excluding hydrogens is 264 g/mol. The van der Waals surface area contributed by atoms with Crippen LogP contribution in [0.4, 0.5) is 0 Å². The van der Waals surface area contributed by atoms with Gasteiger partial charge in [-0.15, -0.1) is 11.3 Å². The fraction of sp³-hybridized carbons (Fsp3) is 0.538. The Kier molecular flexibility index (Phi) is 7.14. The Labute approximate surface area is 117 Å². The second-order valence-corrected chi connectivity index (χ2v) is 5.00. The molecule has 1 amide bonds. The van der Waals surface area contributed by atoms with Crippen LogP contribution in [0, 0.1) is 0 Å². The van der Waals surface area contributed by atoms with Crippen molar-refractivity contribution in [2.24, 2.45) is 0 Å². The molecule has 0 aromatic carbocycles. The number of esters is 1. The first-order chi connectivity index (χ1) is 9.17. The number of hydrogen-bond donors (Lipinski definition) is 2. The minimum atomic E-state index is -0.328. The van der Waals surface area contributed by atoms with Crippen molar-refractivity contribution in [1.29, 1.82) is 0 Å². The van der Waals surface area contributed by atoms with Gasteiger partial charge in [-0.25, -0.2) is 0 Å². The average molecular weight is 284 g/mol. The van der Waals surface area contributed by atoms with E-state index in [0.717, 1.165) is 11.4 Å². The lowest BCUT2D eigenvalue weighted by molar-refractivity contribution is -0.141. The third-order valence-electron chi connectivity index (χ3n) is 2.60. The molecule has 1 atom stereocenters. The van der Waals surface area contributed by atoms with Crippen LogP contribution in [-0.4, -0.2) is 32.1 Å². The average Bonchev–Trinajstić information content (AvgIpc) is 2.92. The van der Waals surface area contributed by atoms with Crippen LogP contribution in [0.15, 0.2) is 17.5 Å². The molecule has 0 bridgehead atoms. The Morgan fingerprint density at radius 2 is 2.26 bits per heavy atom. The van der Waals surface area contributed by atoms with Gasteiger partial charge in [-0.2, -0.15) is 0 Å². The third kappa shape index (κ3) is 5.85. The smallest absolute Gasteiger partial charge is 0.307 e. The molecule has 1 rings (SSSR count). The number of ether oxygens (including phenoxy) is 1. The number of nitrogens with one attached hydrogen (secondary N) is 2. The van der Waals surface area contributed by atoms with Crippen molar-refractivity contribution < 1.29 is 14.3 Å². The van der Waals surface area contributed by atoms with Gasteiger partial charge >= 0.3 is 5.97 Å². The summed E-state index contributed by atoms with van der Waals surface area (Å²) in [6.45, 7) is 3.46. The molecule has 0 spiro atoms. The number of thiophene rings is 1. The van der Waals surface area contributed by atoms with E-state index in [-0.39, 0.29) is 24.3 Å². The zero-order valence-corrected chi connectivity index (χ0v) is 12.1. The molecule has 1 heterocycles. The van der Waals surface area contributed by atoms with Crippen molar-refractivity contribution in [2.75, 3.05) is 20.2 Å². The van der Waals surface area contributed by atoms with Gasteiger partial charge in [0.15, 0.2) is 0 Å². The highest BCUT2D eigenvalue weighted by atomic mass is 32.1. The standard InChI is InChI=1S/C13H20N2O3S/c1-3-14-7-6-12(16)15-10(9-13(17)18-2)11-5-4-8-19-11/h4-5,8,10,14H,3,6-7,9H2,1-2H3,(H,15,16). The fourth-order valence-electron chi connectivity index (χ4n) is 1.61. The number of carbonyl (C=O) groups is 2. The van der Waals surface area contributed by atoms with Gasteiger partial charge in [-0.05, 0) is 18.0 Å². The molecule has 1 aromatic heterocycles. The van der Waals surface area contributed by atoms with Gasteiger partial charge in [0.25, 0.3) is 0 Å². The SMILES string of the molecule is CCNCCC(=O)NC(CC(=O)OC)c1cccs1. The maximum Gasteiger partial charge on any atom is 0.307 e. The summed E-state index contributed by atoms with van der Waals surface area (Å²) < 4.78 is 4.66. The lowest BCUT2D eigenvalue weighted by Gasteiger charge is -2.16. The van der Waals surface area contributed by atoms with Crippen LogP contribution in [0.5, 0.6) is 0 Å². The zero-order valence-electron chi connectivity index (χ0n) is 11.3. The summed E-state index contributed by atoms with van der Waals surface area (Å²) in [7, 11) is 1.35. The monoisotopic (exact) mass is 284 g/mol. The van der Waals surface area contributed by atoms with Crippen molar-refractivity contribution in [3.8, 4) is 0 Å². The highest BCUT2D eigenvalue weighted by Crippen LogP contribution is 2.22. The van der Waals surface area contributed by atoms with E-state index in [9.17, 15) is 9.59 Å². The van der Waals surface area contributed by atoms with Gasteiger partial charge in [0, 0.05) is 17.8 Å². The maximum absolute atomic E-state index is 11.8. The lowest BCUT2D eigenvalue weighted by atomic mass is 10.1. The van der Waals surface area contributed by atoms with E-state index in [1.165, 1.54) is 18.4 Å². The first kappa shape index (κ1) is 15.7.